The Morgan fingerprint density at radius 2 is 1.04 bits per heavy atom. The maximum Gasteiger partial charge on any atom is 0.220 e. The molecule has 0 saturated carbocycles. The van der Waals surface area contributed by atoms with E-state index < -0.39 is 5.97 Å². The van der Waals surface area contributed by atoms with Gasteiger partial charge in [-0.15, -0.1) is 0 Å². The summed E-state index contributed by atoms with van der Waals surface area (Å²) in [5, 5.41) is 12.5. The Kier molecular flexibility index (Phi) is 21.9. The van der Waals surface area contributed by atoms with Crippen LogP contribution in [0.5, 0.6) is 0 Å². The Balaban J connectivity index is 0. The zero-order valence-corrected chi connectivity index (χ0v) is 16.7. The molecule has 0 radical (unpaired) electrons. The van der Waals surface area contributed by atoms with E-state index in [1.54, 1.807) is 0 Å². The average Bonchev–Trinajstić information content (AvgIpc) is 2.56. The Hall–Kier alpha value is -1.10. The van der Waals surface area contributed by atoms with Gasteiger partial charge in [0.2, 0.25) is 5.91 Å². The first-order valence-corrected chi connectivity index (χ1v) is 10.1. The number of carbonyl (C=O) groups is 2. The van der Waals surface area contributed by atoms with Crippen LogP contribution in [0.4, 0.5) is 0 Å². The Labute approximate surface area is 154 Å². The molecular weight excluding hydrogens is 316 g/mol. The van der Waals surface area contributed by atoms with E-state index in [0.717, 1.165) is 12.8 Å². The van der Waals surface area contributed by atoms with Gasteiger partial charge in [0.05, 0.1) is 12.5 Å². The maximum atomic E-state index is 11.3. The largest absolute Gasteiger partial charge is 0.548 e. The third-order valence-electron chi connectivity index (χ3n) is 4.44. The van der Waals surface area contributed by atoms with Gasteiger partial charge in [0, 0.05) is 6.42 Å². The molecule has 0 aromatic heterocycles. The van der Waals surface area contributed by atoms with Gasteiger partial charge in [-0.25, -0.2) is 0 Å². The molecule has 25 heavy (non-hydrogen) atoms. The number of amides is 1. The lowest BCUT2D eigenvalue weighted by Crippen LogP contribution is -2.37. The minimum atomic E-state index is -1.24. The average molecular weight is 359 g/mol. The van der Waals surface area contributed by atoms with E-state index >= 15 is 0 Å². The SMILES string of the molecule is CCCCCCCCCCCCCCCCCC(=O)NCC(=O)[O-].[NH4+]. The van der Waals surface area contributed by atoms with Crippen molar-refractivity contribution >= 4 is 11.9 Å². The molecule has 0 atom stereocenters. The summed E-state index contributed by atoms with van der Waals surface area (Å²) in [6.45, 7) is 1.88. The molecule has 0 aliphatic carbocycles. The summed E-state index contributed by atoms with van der Waals surface area (Å²) < 4.78 is 0. The molecule has 0 rings (SSSR count). The van der Waals surface area contributed by atoms with Crippen molar-refractivity contribution in [3.63, 3.8) is 0 Å². The smallest absolute Gasteiger partial charge is 0.220 e. The van der Waals surface area contributed by atoms with E-state index in [0.29, 0.717) is 6.42 Å². The molecule has 0 heterocycles. The Morgan fingerprint density at radius 1 is 0.680 bits per heavy atom. The molecule has 5 N–H and O–H groups in total. The van der Waals surface area contributed by atoms with Crippen LogP contribution in [0, 0.1) is 0 Å². The van der Waals surface area contributed by atoms with Gasteiger partial charge in [0.15, 0.2) is 0 Å². The quantitative estimate of drug-likeness (QED) is 0.352. The second-order valence-corrected chi connectivity index (χ2v) is 6.85. The monoisotopic (exact) mass is 358 g/mol. The number of carboxylic acid groups (broad SMARTS) is 1. The second-order valence-electron chi connectivity index (χ2n) is 6.85. The van der Waals surface area contributed by atoms with Gasteiger partial charge in [-0.2, -0.15) is 0 Å². The van der Waals surface area contributed by atoms with Gasteiger partial charge in [0.1, 0.15) is 0 Å². The lowest BCUT2D eigenvalue weighted by Gasteiger charge is -2.05. The minimum absolute atomic E-state index is 0. The molecule has 5 nitrogen and oxygen atoms in total. The van der Waals surface area contributed by atoms with Crippen LogP contribution in [0.1, 0.15) is 110 Å². The first-order valence-electron chi connectivity index (χ1n) is 10.1. The summed E-state index contributed by atoms with van der Waals surface area (Å²) in [5.41, 5.74) is 0. The second kappa shape index (κ2) is 20.9. The molecule has 0 spiro atoms. The van der Waals surface area contributed by atoms with Crippen molar-refractivity contribution in [2.75, 3.05) is 6.54 Å². The number of nitrogens with one attached hydrogen (secondary N) is 1. The van der Waals surface area contributed by atoms with Crippen LogP contribution in [0.15, 0.2) is 0 Å². The van der Waals surface area contributed by atoms with Crippen molar-refractivity contribution in [2.45, 2.75) is 110 Å². The summed E-state index contributed by atoms with van der Waals surface area (Å²) in [6.07, 6.45) is 19.9. The number of rotatable bonds is 18. The molecule has 0 saturated heterocycles. The van der Waals surface area contributed by atoms with E-state index in [1.165, 1.54) is 83.5 Å². The third kappa shape index (κ3) is 22.9. The zero-order chi connectivity index (χ0) is 17.9. The van der Waals surface area contributed by atoms with Crippen molar-refractivity contribution in [2.24, 2.45) is 0 Å². The summed E-state index contributed by atoms with van der Waals surface area (Å²) in [4.78, 5) is 21.5. The molecule has 1 amide bonds. The van der Waals surface area contributed by atoms with Crippen molar-refractivity contribution in [1.29, 1.82) is 0 Å². The number of carbonyl (C=O) groups excluding carboxylic acids is 2. The predicted molar refractivity (Wildman–Crippen MR) is 104 cm³/mol. The van der Waals surface area contributed by atoms with Gasteiger partial charge in [-0.3, -0.25) is 4.79 Å². The van der Waals surface area contributed by atoms with E-state index in [1.807, 2.05) is 0 Å². The number of quaternary nitrogens is 1. The van der Waals surface area contributed by atoms with Crippen LogP contribution >= 0.6 is 0 Å². The molecule has 0 unspecified atom stereocenters. The van der Waals surface area contributed by atoms with Crippen molar-refractivity contribution < 1.29 is 14.7 Å². The summed E-state index contributed by atoms with van der Waals surface area (Å²) in [6, 6.07) is 0. The van der Waals surface area contributed by atoms with Gasteiger partial charge in [0.25, 0.3) is 0 Å². The fourth-order valence-corrected chi connectivity index (χ4v) is 2.92. The molecule has 0 bridgehead atoms. The maximum absolute atomic E-state index is 11.3. The van der Waals surface area contributed by atoms with Crippen molar-refractivity contribution in [3.8, 4) is 0 Å². The minimum Gasteiger partial charge on any atom is -0.548 e. The third-order valence-corrected chi connectivity index (χ3v) is 4.44. The fraction of sp³-hybridized carbons (Fsp3) is 0.900. The molecule has 0 aromatic carbocycles. The Bertz CT molecular complexity index is 309. The summed E-state index contributed by atoms with van der Waals surface area (Å²) in [7, 11) is 0. The number of hydrogen-bond acceptors (Lipinski definition) is 3. The standard InChI is InChI=1S/C20H39NO3.H3N/c1-2-3-4-5-6-7-8-9-10-11-12-13-14-15-16-17-19(22)21-18-20(23)24;/h2-18H2,1H3,(H,21,22)(H,23,24);1H3. The van der Waals surface area contributed by atoms with Crippen LogP contribution in [0.3, 0.4) is 0 Å². The lowest BCUT2D eigenvalue weighted by molar-refractivity contribution is -0.304. The lowest BCUT2D eigenvalue weighted by atomic mass is 10.0. The fourth-order valence-electron chi connectivity index (χ4n) is 2.92. The van der Waals surface area contributed by atoms with Gasteiger partial charge >= 0.3 is 0 Å². The highest BCUT2D eigenvalue weighted by Gasteiger charge is 2.00. The molecule has 0 aliphatic heterocycles. The highest BCUT2D eigenvalue weighted by atomic mass is 16.4. The molecule has 5 heteroatoms. The van der Waals surface area contributed by atoms with E-state index in [4.69, 9.17) is 0 Å². The van der Waals surface area contributed by atoms with Gasteiger partial charge < -0.3 is 21.4 Å². The highest BCUT2D eigenvalue weighted by molar-refractivity contribution is 5.80. The zero-order valence-electron chi connectivity index (χ0n) is 16.7. The molecule has 150 valence electrons. The Morgan fingerprint density at radius 3 is 1.40 bits per heavy atom. The van der Waals surface area contributed by atoms with Crippen LogP contribution in [-0.4, -0.2) is 18.4 Å². The van der Waals surface area contributed by atoms with Crippen LogP contribution in [0.25, 0.3) is 0 Å². The van der Waals surface area contributed by atoms with Crippen LogP contribution < -0.4 is 16.6 Å². The first kappa shape index (κ1) is 26.1. The molecule has 0 fully saturated rings. The van der Waals surface area contributed by atoms with E-state index in [-0.39, 0.29) is 18.6 Å². The number of hydrogen-bond donors (Lipinski definition) is 2. The highest BCUT2D eigenvalue weighted by Crippen LogP contribution is 2.13. The van der Waals surface area contributed by atoms with Crippen molar-refractivity contribution in [3.05, 3.63) is 0 Å². The number of aliphatic carboxylic acids is 1. The molecular formula is C20H42N2O3. The summed E-state index contributed by atoms with van der Waals surface area (Å²) >= 11 is 0. The molecule has 0 aliphatic rings. The predicted octanol–water partition coefficient (Wildman–Crippen LogP) is 4.49. The van der Waals surface area contributed by atoms with Gasteiger partial charge in [-0.1, -0.05) is 96.8 Å². The van der Waals surface area contributed by atoms with Gasteiger partial charge in [-0.05, 0) is 6.42 Å². The summed E-state index contributed by atoms with van der Waals surface area (Å²) in [5.74, 6) is -1.42. The first-order chi connectivity index (χ1) is 11.7. The molecule has 0 aromatic rings. The van der Waals surface area contributed by atoms with E-state index in [9.17, 15) is 14.7 Å². The topological polar surface area (TPSA) is 106 Å². The van der Waals surface area contributed by atoms with Crippen LogP contribution in [-0.2, 0) is 9.59 Å². The normalized spacial score (nSPS) is 10.3. The van der Waals surface area contributed by atoms with Crippen LogP contribution in [0.2, 0.25) is 0 Å². The number of carboxylic acids is 1. The number of unbranched alkanes of at least 4 members (excludes halogenated alkanes) is 14. The van der Waals surface area contributed by atoms with Crippen molar-refractivity contribution in [1.82, 2.24) is 11.5 Å². The van der Waals surface area contributed by atoms with E-state index in [2.05, 4.69) is 12.2 Å².